The summed E-state index contributed by atoms with van der Waals surface area (Å²) in [6.07, 6.45) is 8.45. The van der Waals surface area contributed by atoms with E-state index in [-0.39, 0.29) is 16.5 Å². The maximum Gasteiger partial charge on any atom is 0.337 e. The fourth-order valence-corrected chi connectivity index (χ4v) is 4.28. The number of benzene rings is 1. The van der Waals surface area contributed by atoms with Crippen molar-refractivity contribution in [2.24, 2.45) is 0 Å². The van der Waals surface area contributed by atoms with Gasteiger partial charge in [0.1, 0.15) is 0 Å². The van der Waals surface area contributed by atoms with Crippen molar-refractivity contribution < 1.29 is 18.3 Å². The number of hydrogen-bond acceptors (Lipinski definition) is 4. The van der Waals surface area contributed by atoms with Crippen LogP contribution in [0.25, 0.3) is 0 Å². The first-order chi connectivity index (χ1) is 12.3. The predicted molar refractivity (Wildman–Crippen MR) is 103 cm³/mol. The van der Waals surface area contributed by atoms with Crippen LogP contribution in [0.15, 0.2) is 34.7 Å². The molecular weight excluding hydrogens is 352 g/mol. The average Bonchev–Trinajstić information content (AvgIpc) is 2.62. The largest absolute Gasteiger partial charge is 0.478 e. The molecule has 0 fully saturated rings. The lowest BCUT2D eigenvalue weighted by molar-refractivity contribution is 0.0697. The molecule has 0 radical (unpaired) electrons. The molecule has 0 spiro atoms. The molecule has 0 amide bonds. The SMILES string of the molecule is CC[C@@H](C)NS(=O)(=O)c1ccc(NCCC2=CCCCC2)c(C(=O)O)c1. The first-order valence-electron chi connectivity index (χ1n) is 9.15. The minimum atomic E-state index is -3.73. The monoisotopic (exact) mass is 380 g/mol. The standard InChI is InChI=1S/C19H28N2O4S/c1-3-14(2)21-26(24,25)16-9-10-18(17(13-16)19(22)23)20-12-11-15-7-5-4-6-8-15/h7,9-10,13-14,20-21H,3-6,8,11-12H2,1-2H3,(H,22,23)/t14-/m1/s1. The molecule has 6 nitrogen and oxygen atoms in total. The van der Waals surface area contributed by atoms with E-state index in [1.54, 1.807) is 6.92 Å². The van der Waals surface area contributed by atoms with Crippen LogP contribution in [0, 0.1) is 0 Å². The highest BCUT2D eigenvalue weighted by Gasteiger charge is 2.20. The van der Waals surface area contributed by atoms with E-state index in [1.807, 2.05) is 6.92 Å². The predicted octanol–water partition coefficient (Wildman–Crippen LogP) is 3.76. The summed E-state index contributed by atoms with van der Waals surface area (Å²) in [5.74, 6) is -1.15. The van der Waals surface area contributed by atoms with Gasteiger partial charge < -0.3 is 10.4 Å². The summed E-state index contributed by atoms with van der Waals surface area (Å²) in [6, 6.07) is 3.98. The van der Waals surface area contributed by atoms with Crippen LogP contribution in [0.2, 0.25) is 0 Å². The number of carboxylic acid groups (broad SMARTS) is 1. The third kappa shape index (κ3) is 5.57. The Morgan fingerprint density at radius 3 is 2.69 bits per heavy atom. The van der Waals surface area contributed by atoms with Crippen LogP contribution in [0.1, 0.15) is 62.7 Å². The Hall–Kier alpha value is -1.86. The molecule has 2 rings (SSSR count). The number of aromatic carboxylic acids is 1. The molecule has 26 heavy (non-hydrogen) atoms. The summed E-state index contributed by atoms with van der Waals surface area (Å²) >= 11 is 0. The van der Waals surface area contributed by atoms with E-state index in [4.69, 9.17) is 0 Å². The lowest BCUT2D eigenvalue weighted by Crippen LogP contribution is -2.32. The Labute approximate surface area is 155 Å². The minimum Gasteiger partial charge on any atom is -0.478 e. The molecule has 1 aromatic carbocycles. The second kappa shape index (κ2) is 9.19. The van der Waals surface area contributed by atoms with E-state index in [0.29, 0.717) is 18.7 Å². The van der Waals surface area contributed by atoms with E-state index in [0.717, 1.165) is 19.3 Å². The Kier molecular flexibility index (Phi) is 7.23. The van der Waals surface area contributed by atoms with Crippen molar-refractivity contribution in [3.05, 3.63) is 35.4 Å². The van der Waals surface area contributed by atoms with Crippen molar-refractivity contribution in [3.8, 4) is 0 Å². The molecule has 144 valence electrons. The van der Waals surface area contributed by atoms with Crippen molar-refractivity contribution in [2.75, 3.05) is 11.9 Å². The third-order valence-electron chi connectivity index (χ3n) is 4.65. The van der Waals surface area contributed by atoms with E-state index < -0.39 is 16.0 Å². The van der Waals surface area contributed by atoms with Gasteiger partial charge >= 0.3 is 5.97 Å². The second-order valence-corrected chi connectivity index (χ2v) is 8.44. The number of nitrogens with one attached hydrogen (secondary N) is 2. The van der Waals surface area contributed by atoms with E-state index in [2.05, 4.69) is 16.1 Å². The molecular formula is C19H28N2O4S. The maximum atomic E-state index is 12.4. The van der Waals surface area contributed by atoms with Crippen LogP contribution in [-0.4, -0.2) is 32.1 Å². The number of allylic oxidation sites excluding steroid dienone is 1. The van der Waals surface area contributed by atoms with Crippen LogP contribution in [0.5, 0.6) is 0 Å². The molecule has 7 heteroatoms. The van der Waals surface area contributed by atoms with Crippen LogP contribution in [0.4, 0.5) is 5.69 Å². The van der Waals surface area contributed by atoms with Gasteiger partial charge in [-0.05, 0) is 63.6 Å². The molecule has 1 aromatic rings. The van der Waals surface area contributed by atoms with Gasteiger partial charge in [-0.25, -0.2) is 17.9 Å². The molecule has 0 unspecified atom stereocenters. The smallest absolute Gasteiger partial charge is 0.337 e. The Morgan fingerprint density at radius 2 is 2.08 bits per heavy atom. The Morgan fingerprint density at radius 1 is 1.31 bits per heavy atom. The summed E-state index contributed by atoms with van der Waals surface area (Å²) in [4.78, 5) is 11.5. The zero-order chi connectivity index (χ0) is 19.2. The molecule has 0 bridgehead atoms. The highest BCUT2D eigenvalue weighted by atomic mass is 32.2. The number of carboxylic acids is 1. The van der Waals surface area contributed by atoms with E-state index in [1.165, 1.54) is 36.6 Å². The normalized spacial score (nSPS) is 16.0. The number of carbonyl (C=O) groups is 1. The third-order valence-corrected chi connectivity index (χ3v) is 6.23. The van der Waals surface area contributed by atoms with Crippen LogP contribution in [-0.2, 0) is 10.0 Å². The molecule has 0 aromatic heterocycles. The molecule has 0 saturated carbocycles. The van der Waals surface area contributed by atoms with E-state index in [9.17, 15) is 18.3 Å². The highest BCUT2D eigenvalue weighted by Crippen LogP contribution is 2.23. The minimum absolute atomic E-state index is 0.0317. The Bertz CT molecular complexity index is 772. The zero-order valence-electron chi connectivity index (χ0n) is 15.4. The van der Waals surface area contributed by atoms with Crippen LogP contribution < -0.4 is 10.0 Å². The van der Waals surface area contributed by atoms with Gasteiger partial charge in [-0.3, -0.25) is 0 Å². The van der Waals surface area contributed by atoms with Gasteiger partial charge in [0.25, 0.3) is 0 Å². The number of hydrogen-bond donors (Lipinski definition) is 3. The van der Waals surface area contributed by atoms with Gasteiger partial charge in [-0.2, -0.15) is 0 Å². The van der Waals surface area contributed by atoms with Crippen molar-refractivity contribution in [3.63, 3.8) is 0 Å². The highest BCUT2D eigenvalue weighted by molar-refractivity contribution is 7.89. The molecule has 1 atom stereocenters. The molecule has 3 N–H and O–H groups in total. The van der Waals surface area contributed by atoms with Crippen molar-refractivity contribution >= 4 is 21.7 Å². The first-order valence-corrected chi connectivity index (χ1v) is 10.6. The molecule has 0 heterocycles. The second-order valence-electron chi connectivity index (χ2n) is 6.73. The molecule has 1 aliphatic carbocycles. The lowest BCUT2D eigenvalue weighted by atomic mass is 9.97. The zero-order valence-corrected chi connectivity index (χ0v) is 16.2. The summed E-state index contributed by atoms with van der Waals surface area (Å²) in [5, 5.41) is 12.6. The van der Waals surface area contributed by atoms with Crippen molar-refractivity contribution in [1.29, 1.82) is 0 Å². The average molecular weight is 381 g/mol. The van der Waals surface area contributed by atoms with Gasteiger partial charge in [0.2, 0.25) is 10.0 Å². The van der Waals surface area contributed by atoms with Gasteiger partial charge in [0, 0.05) is 18.3 Å². The number of sulfonamides is 1. The van der Waals surface area contributed by atoms with Gasteiger partial charge in [0.05, 0.1) is 10.5 Å². The van der Waals surface area contributed by atoms with Crippen molar-refractivity contribution in [1.82, 2.24) is 4.72 Å². The summed E-state index contributed by atoms with van der Waals surface area (Å²) in [6.45, 7) is 4.28. The van der Waals surface area contributed by atoms with Crippen LogP contribution in [0.3, 0.4) is 0 Å². The summed E-state index contributed by atoms with van der Waals surface area (Å²) < 4.78 is 27.3. The Balaban J connectivity index is 2.12. The maximum absolute atomic E-state index is 12.4. The quantitative estimate of drug-likeness (QED) is 0.567. The summed E-state index contributed by atoms with van der Waals surface area (Å²) in [5.41, 5.74) is 1.81. The molecule has 0 aliphatic heterocycles. The van der Waals surface area contributed by atoms with Gasteiger partial charge in [-0.1, -0.05) is 18.6 Å². The fourth-order valence-electron chi connectivity index (χ4n) is 2.93. The lowest BCUT2D eigenvalue weighted by Gasteiger charge is -2.16. The van der Waals surface area contributed by atoms with E-state index >= 15 is 0 Å². The number of rotatable bonds is 9. The van der Waals surface area contributed by atoms with Crippen LogP contribution >= 0.6 is 0 Å². The summed E-state index contributed by atoms with van der Waals surface area (Å²) in [7, 11) is -3.73. The topological polar surface area (TPSA) is 95.5 Å². The first kappa shape index (κ1) is 20.5. The molecule has 0 saturated heterocycles. The van der Waals surface area contributed by atoms with Crippen molar-refractivity contribution in [2.45, 2.75) is 63.3 Å². The van der Waals surface area contributed by atoms with Gasteiger partial charge in [-0.15, -0.1) is 0 Å². The molecule has 1 aliphatic rings. The van der Waals surface area contributed by atoms with Gasteiger partial charge in [0.15, 0.2) is 0 Å². The number of anilines is 1. The fraction of sp³-hybridized carbons (Fsp3) is 0.526.